The van der Waals surface area contributed by atoms with Crippen LogP contribution < -0.4 is 4.74 Å². The molecular formula is C22H25FN4O3. The quantitative estimate of drug-likeness (QED) is 0.748. The van der Waals surface area contributed by atoms with Crippen molar-refractivity contribution in [3.05, 3.63) is 53.2 Å². The van der Waals surface area contributed by atoms with Crippen LogP contribution >= 0.6 is 0 Å². The van der Waals surface area contributed by atoms with E-state index in [0.717, 1.165) is 12.8 Å². The second-order valence-electron chi connectivity index (χ2n) is 8.20. The summed E-state index contributed by atoms with van der Waals surface area (Å²) in [6.45, 7) is 6.70. The van der Waals surface area contributed by atoms with Gasteiger partial charge in [-0.05, 0) is 45.7 Å². The van der Waals surface area contributed by atoms with E-state index < -0.39 is 11.4 Å². The van der Waals surface area contributed by atoms with Crippen LogP contribution in [0.5, 0.6) is 5.88 Å². The average Bonchev–Trinajstić information content (AvgIpc) is 2.72. The van der Waals surface area contributed by atoms with Crippen LogP contribution in [0.1, 0.15) is 56.5 Å². The summed E-state index contributed by atoms with van der Waals surface area (Å²) in [5.41, 5.74) is 0.0926. The van der Waals surface area contributed by atoms with E-state index >= 15 is 0 Å². The molecule has 8 heteroatoms. The Kier molecular flexibility index (Phi) is 6.50. The van der Waals surface area contributed by atoms with E-state index in [1.165, 1.54) is 12.1 Å². The average molecular weight is 412 g/mol. The Bertz CT molecular complexity index is 944. The number of piperidine rings is 1. The number of aromatic nitrogens is 2. The van der Waals surface area contributed by atoms with E-state index in [-0.39, 0.29) is 24.2 Å². The molecular weight excluding hydrogens is 387 g/mol. The Hall–Kier alpha value is -3.21. The van der Waals surface area contributed by atoms with Gasteiger partial charge in [0, 0.05) is 36.8 Å². The Morgan fingerprint density at radius 3 is 2.67 bits per heavy atom. The number of amides is 1. The number of halogens is 1. The van der Waals surface area contributed by atoms with Crippen LogP contribution in [0, 0.1) is 17.1 Å². The Balaban J connectivity index is 1.57. The number of carbonyl (C=O) groups is 1. The molecule has 3 rings (SSSR count). The third-order valence-corrected chi connectivity index (χ3v) is 4.72. The lowest BCUT2D eigenvalue weighted by atomic mass is 9.96. The Morgan fingerprint density at radius 2 is 2.03 bits per heavy atom. The summed E-state index contributed by atoms with van der Waals surface area (Å²) in [4.78, 5) is 22.7. The smallest absolute Gasteiger partial charge is 0.410 e. The molecule has 158 valence electrons. The molecule has 0 aliphatic carbocycles. The minimum Gasteiger partial charge on any atom is -0.473 e. The number of hydrogen-bond acceptors (Lipinski definition) is 6. The molecule has 1 aliphatic heterocycles. The third-order valence-electron chi connectivity index (χ3n) is 4.72. The monoisotopic (exact) mass is 412 g/mol. The van der Waals surface area contributed by atoms with Crippen molar-refractivity contribution >= 4 is 6.09 Å². The second kappa shape index (κ2) is 9.08. The van der Waals surface area contributed by atoms with Gasteiger partial charge in [-0.2, -0.15) is 10.2 Å². The first-order valence-electron chi connectivity index (χ1n) is 9.87. The number of nitrogens with zero attached hydrogens (tertiary/aromatic N) is 4. The van der Waals surface area contributed by atoms with Crippen LogP contribution in [-0.4, -0.2) is 39.7 Å². The highest BCUT2D eigenvalue weighted by molar-refractivity contribution is 5.68. The fourth-order valence-corrected chi connectivity index (χ4v) is 3.17. The van der Waals surface area contributed by atoms with Gasteiger partial charge < -0.3 is 14.4 Å². The molecule has 0 unspecified atom stereocenters. The molecule has 0 saturated carbocycles. The number of likely N-dealkylation sites (tertiary alicyclic amines) is 1. The summed E-state index contributed by atoms with van der Waals surface area (Å²) < 4.78 is 25.1. The topological polar surface area (TPSA) is 88.3 Å². The number of hydrogen-bond donors (Lipinski definition) is 0. The van der Waals surface area contributed by atoms with Gasteiger partial charge in [0.1, 0.15) is 23.8 Å². The summed E-state index contributed by atoms with van der Waals surface area (Å²) >= 11 is 0. The number of nitriles is 1. The molecule has 0 atom stereocenters. The number of carbonyl (C=O) groups excluding carboxylic acids is 1. The van der Waals surface area contributed by atoms with Crippen molar-refractivity contribution in [3.63, 3.8) is 0 Å². The van der Waals surface area contributed by atoms with Crippen LogP contribution in [0.4, 0.5) is 9.18 Å². The zero-order valence-corrected chi connectivity index (χ0v) is 17.4. The molecule has 2 heterocycles. The Morgan fingerprint density at radius 1 is 1.30 bits per heavy atom. The molecule has 1 amide bonds. The van der Waals surface area contributed by atoms with E-state index in [1.807, 2.05) is 26.8 Å². The minimum absolute atomic E-state index is 0.00504. The van der Waals surface area contributed by atoms with Gasteiger partial charge in [0.25, 0.3) is 0 Å². The zero-order valence-electron chi connectivity index (χ0n) is 17.4. The maximum atomic E-state index is 14.0. The van der Waals surface area contributed by atoms with E-state index in [9.17, 15) is 9.18 Å². The molecule has 0 radical (unpaired) electrons. The lowest BCUT2D eigenvalue weighted by molar-refractivity contribution is 0.0203. The Labute approximate surface area is 175 Å². The third kappa shape index (κ3) is 5.66. The first-order chi connectivity index (χ1) is 14.2. The van der Waals surface area contributed by atoms with Crippen LogP contribution in [0.2, 0.25) is 0 Å². The molecule has 0 bridgehead atoms. The molecule has 0 spiro atoms. The van der Waals surface area contributed by atoms with Gasteiger partial charge >= 0.3 is 6.09 Å². The van der Waals surface area contributed by atoms with Crippen LogP contribution in [0.3, 0.4) is 0 Å². The molecule has 2 aromatic rings. The zero-order chi connectivity index (χ0) is 21.7. The maximum absolute atomic E-state index is 14.0. The first-order valence-corrected chi connectivity index (χ1v) is 9.87. The second-order valence-corrected chi connectivity index (χ2v) is 8.20. The van der Waals surface area contributed by atoms with Gasteiger partial charge in [0.2, 0.25) is 5.88 Å². The highest BCUT2D eigenvalue weighted by Gasteiger charge is 2.28. The minimum atomic E-state index is -0.517. The van der Waals surface area contributed by atoms with Crippen molar-refractivity contribution < 1.29 is 18.7 Å². The van der Waals surface area contributed by atoms with E-state index in [2.05, 4.69) is 9.97 Å². The fourth-order valence-electron chi connectivity index (χ4n) is 3.17. The molecule has 1 saturated heterocycles. The summed E-state index contributed by atoms with van der Waals surface area (Å²) in [5, 5.41) is 8.82. The predicted molar refractivity (Wildman–Crippen MR) is 107 cm³/mol. The van der Waals surface area contributed by atoms with Crippen LogP contribution in [0.15, 0.2) is 30.5 Å². The summed E-state index contributed by atoms with van der Waals surface area (Å²) in [6.07, 6.45) is 2.77. The first kappa shape index (κ1) is 21.5. The number of rotatable bonds is 4. The summed E-state index contributed by atoms with van der Waals surface area (Å²) in [6, 6.07) is 7.79. The van der Waals surface area contributed by atoms with Crippen LogP contribution in [0.25, 0.3) is 0 Å². The molecule has 7 nitrogen and oxygen atoms in total. The van der Waals surface area contributed by atoms with Gasteiger partial charge in [0.05, 0.1) is 11.6 Å². The lowest BCUT2D eigenvalue weighted by Crippen LogP contribution is -2.41. The molecule has 1 aromatic heterocycles. The number of ether oxygens (including phenoxy) is 2. The molecule has 0 N–H and O–H groups in total. The molecule has 30 heavy (non-hydrogen) atoms. The highest BCUT2D eigenvalue weighted by Crippen LogP contribution is 2.27. The van der Waals surface area contributed by atoms with Crippen LogP contribution in [-0.2, 0) is 11.3 Å². The summed E-state index contributed by atoms with van der Waals surface area (Å²) in [5.74, 6) is 0.631. The van der Waals surface area contributed by atoms with Crippen molar-refractivity contribution in [2.24, 2.45) is 0 Å². The highest BCUT2D eigenvalue weighted by atomic mass is 19.1. The standard InChI is InChI=1S/C22H25FN4O3/c1-22(2,3)30-21(28)27-10-7-16(8-11-27)20-25-9-6-19(26-20)29-14-17-5-4-15(13-24)12-18(17)23/h4-6,9,12,16H,7-8,10-11,14H2,1-3H3. The normalized spacial score (nSPS) is 14.8. The maximum Gasteiger partial charge on any atom is 0.410 e. The van der Waals surface area contributed by atoms with Crippen molar-refractivity contribution in [2.75, 3.05) is 13.1 Å². The van der Waals surface area contributed by atoms with Crippen molar-refractivity contribution in [1.29, 1.82) is 5.26 Å². The molecule has 1 aliphatic rings. The molecule has 1 aromatic carbocycles. The lowest BCUT2D eigenvalue weighted by Gasteiger charge is -2.32. The van der Waals surface area contributed by atoms with Gasteiger partial charge in [0.15, 0.2) is 0 Å². The SMILES string of the molecule is CC(C)(C)OC(=O)N1CCC(c2nccc(OCc3ccc(C#N)cc3F)n2)CC1. The van der Waals surface area contributed by atoms with Crippen molar-refractivity contribution in [2.45, 2.75) is 51.7 Å². The van der Waals surface area contributed by atoms with Gasteiger partial charge in [-0.25, -0.2) is 14.2 Å². The fraction of sp³-hybridized carbons (Fsp3) is 0.455. The van der Waals surface area contributed by atoms with Gasteiger partial charge in [-0.3, -0.25) is 0 Å². The van der Waals surface area contributed by atoms with Crippen molar-refractivity contribution in [3.8, 4) is 11.9 Å². The number of benzene rings is 1. The largest absolute Gasteiger partial charge is 0.473 e. The molecule has 1 fully saturated rings. The van der Waals surface area contributed by atoms with E-state index in [4.69, 9.17) is 14.7 Å². The van der Waals surface area contributed by atoms with E-state index in [0.29, 0.717) is 30.4 Å². The van der Waals surface area contributed by atoms with Crippen molar-refractivity contribution in [1.82, 2.24) is 14.9 Å². The van der Waals surface area contributed by atoms with Gasteiger partial charge in [-0.1, -0.05) is 6.07 Å². The predicted octanol–water partition coefficient (Wildman–Crippen LogP) is 4.18. The summed E-state index contributed by atoms with van der Waals surface area (Å²) in [7, 11) is 0. The van der Waals surface area contributed by atoms with Gasteiger partial charge in [-0.15, -0.1) is 0 Å². The van der Waals surface area contributed by atoms with E-state index in [1.54, 1.807) is 23.2 Å².